The summed E-state index contributed by atoms with van der Waals surface area (Å²) >= 11 is 0. The van der Waals surface area contributed by atoms with E-state index in [-0.39, 0.29) is 32.1 Å². The first-order valence-corrected chi connectivity index (χ1v) is 7.84. The summed E-state index contributed by atoms with van der Waals surface area (Å²) in [6, 6.07) is 7.80. The van der Waals surface area contributed by atoms with Gasteiger partial charge in [-0.05, 0) is 43.1 Å². The predicted molar refractivity (Wildman–Crippen MR) is 90.0 cm³/mol. The molecule has 2 N–H and O–H groups in total. The molecule has 0 aliphatic heterocycles. The van der Waals surface area contributed by atoms with E-state index < -0.39 is 49.4 Å². The highest BCUT2D eigenvalue weighted by Crippen LogP contribution is 2.33. The molecular formula is C19H27NO3. The summed E-state index contributed by atoms with van der Waals surface area (Å²) < 4.78 is 53.9. The molecule has 1 amide bonds. The number of carboxylic acids is 1. The van der Waals surface area contributed by atoms with E-state index in [1.54, 1.807) is 30.3 Å². The average Bonchev–Trinajstić information content (AvgIpc) is 2.65. The molecule has 1 aromatic rings. The van der Waals surface area contributed by atoms with Gasteiger partial charge in [0, 0.05) is 21.9 Å². The maximum Gasteiger partial charge on any atom is 0.326 e. The lowest BCUT2D eigenvalue weighted by atomic mass is 9.76. The molecule has 1 aromatic carbocycles. The van der Waals surface area contributed by atoms with E-state index in [0.29, 0.717) is 0 Å². The van der Waals surface area contributed by atoms with E-state index in [0.717, 1.165) is 5.56 Å². The molecular weight excluding hydrogens is 290 g/mol. The summed E-state index contributed by atoms with van der Waals surface area (Å²) in [6.07, 6.45) is 0.761. The van der Waals surface area contributed by atoms with Crippen molar-refractivity contribution < 1.29 is 24.3 Å². The van der Waals surface area contributed by atoms with Gasteiger partial charge in [-0.25, -0.2) is 4.79 Å². The summed E-state index contributed by atoms with van der Waals surface area (Å²) in [6.45, 7) is -5.97. The van der Waals surface area contributed by atoms with Gasteiger partial charge in [0.1, 0.15) is 6.04 Å². The van der Waals surface area contributed by atoms with Gasteiger partial charge in [-0.15, -0.1) is 0 Å². The summed E-state index contributed by atoms with van der Waals surface area (Å²) in [5.74, 6) is -5.65. The van der Waals surface area contributed by atoms with Gasteiger partial charge in [0.05, 0.1) is 0 Å². The smallest absolute Gasteiger partial charge is 0.326 e. The summed E-state index contributed by atoms with van der Waals surface area (Å²) in [5.41, 5.74) is 0.767. The van der Waals surface area contributed by atoms with Crippen LogP contribution in [0, 0.1) is 17.7 Å². The van der Waals surface area contributed by atoms with E-state index in [2.05, 4.69) is 5.32 Å². The molecule has 1 fully saturated rings. The first-order valence-electron chi connectivity index (χ1n) is 11.3. The third-order valence-electron chi connectivity index (χ3n) is 4.40. The predicted octanol–water partition coefficient (Wildman–Crippen LogP) is 3.26. The van der Waals surface area contributed by atoms with Crippen molar-refractivity contribution in [2.24, 2.45) is 17.7 Å². The number of carbonyl (C=O) groups is 2. The Bertz CT molecular complexity index is 727. The van der Waals surface area contributed by atoms with Crippen LogP contribution in [0.1, 0.15) is 54.5 Å². The number of hydrogen-bond acceptors (Lipinski definition) is 2. The van der Waals surface area contributed by atoms with Crippen molar-refractivity contribution in [1.82, 2.24) is 5.32 Å². The molecule has 1 aliphatic rings. The highest BCUT2D eigenvalue weighted by atomic mass is 16.4. The highest BCUT2D eigenvalue weighted by Gasteiger charge is 2.30. The Morgan fingerprint density at radius 3 is 2.48 bits per heavy atom. The molecule has 0 heterocycles. The number of benzene rings is 1. The van der Waals surface area contributed by atoms with Crippen molar-refractivity contribution in [3.8, 4) is 0 Å². The zero-order valence-corrected chi connectivity index (χ0v) is 12.9. The molecule has 2 rings (SSSR count). The molecule has 1 saturated carbocycles. The zero-order valence-electron chi connectivity index (χ0n) is 19.9. The molecule has 1 aliphatic carbocycles. The van der Waals surface area contributed by atoms with E-state index in [9.17, 15) is 14.7 Å². The summed E-state index contributed by atoms with van der Waals surface area (Å²) in [5, 5.41) is 12.0. The topological polar surface area (TPSA) is 66.4 Å². The molecule has 4 heteroatoms. The highest BCUT2D eigenvalue weighted by molar-refractivity contribution is 5.85. The molecule has 1 atom stereocenters. The van der Waals surface area contributed by atoms with Gasteiger partial charge in [0.25, 0.3) is 0 Å². The van der Waals surface area contributed by atoms with Gasteiger partial charge < -0.3 is 10.4 Å². The number of amides is 1. The Morgan fingerprint density at radius 2 is 1.91 bits per heavy atom. The lowest BCUT2D eigenvalue weighted by Crippen LogP contribution is -2.45. The molecule has 0 unspecified atom stereocenters. The Kier molecular flexibility index (Phi) is 3.58. The van der Waals surface area contributed by atoms with Gasteiger partial charge in [0.2, 0.25) is 5.91 Å². The van der Waals surface area contributed by atoms with Crippen molar-refractivity contribution >= 4 is 11.9 Å². The number of carbonyl (C=O) groups excluding carboxylic acids is 1. The number of nitrogens with one attached hydrogen (secondary N) is 1. The van der Waals surface area contributed by atoms with E-state index in [4.69, 9.17) is 9.60 Å². The Hall–Kier alpha value is -1.84. The third kappa shape index (κ3) is 5.08. The quantitative estimate of drug-likeness (QED) is 0.844. The first-order chi connectivity index (χ1) is 13.8. The van der Waals surface area contributed by atoms with Crippen molar-refractivity contribution in [3.05, 3.63) is 35.9 Å². The molecule has 0 bridgehead atoms. The molecule has 23 heavy (non-hydrogen) atoms. The summed E-state index contributed by atoms with van der Waals surface area (Å²) in [7, 11) is 0. The minimum atomic E-state index is -2.98. The molecule has 0 radical (unpaired) electrons. The fourth-order valence-corrected chi connectivity index (χ4v) is 2.98. The van der Waals surface area contributed by atoms with E-state index in [1.807, 2.05) is 0 Å². The van der Waals surface area contributed by atoms with Gasteiger partial charge in [-0.3, -0.25) is 4.79 Å². The van der Waals surface area contributed by atoms with Crippen LogP contribution in [0.3, 0.4) is 0 Å². The maximum atomic E-state index is 12.6. The second-order valence-electron chi connectivity index (χ2n) is 6.05. The van der Waals surface area contributed by atoms with Crippen molar-refractivity contribution in [2.45, 2.75) is 51.8 Å². The second kappa shape index (κ2) is 8.14. The van der Waals surface area contributed by atoms with Crippen molar-refractivity contribution in [3.63, 3.8) is 0 Å². The molecule has 0 aromatic heterocycles. The largest absolute Gasteiger partial charge is 0.480 e. The fourth-order valence-electron chi connectivity index (χ4n) is 2.98. The average molecular weight is 324 g/mol. The number of rotatable bonds is 6. The minimum Gasteiger partial charge on any atom is -0.480 e. The summed E-state index contributed by atoms with van der Waals surface area (Å²) in [4.78, 5) is 24.2. The number of hydrogen-bond donors (Lipinski definition) is 2. The normalized spacial score (nSPS) is 28.6. The lowest BCUT2D eigenvalue weighted by molar-refractivity contribution is -0.142. The lowest BCUT2D eigenvalue weighted by Gasteiger charge is -2.30. The maximum absolute atomic E-state index is 12.6. The molecule has 0 saturated heterocycles. The van der Waals surface area contributed by atoms with Crippen LogP contribution in [0.2, 0.25) is 0 Å². The monoisotopic (exact) mass is 324 g/mol. The van der Waals surface area contributed by atoms with Gasteiger partial charge in [0.15, 0.2) is 0 Å². The van der Waals surface area contributed by atoms with Crippen LogP contribution in [-0.4, -0.2) is 23.0 Å². The first kappa shape index (κ1) is 10.1. The Balaban J connectivity index is 2.03. The van der Waals surface area contributed by atoms with Crippen LogP contribution in [0.4, 0.5) is 0 Å². The molecule has 126 valence electrons. The minimum absolute atomic E-state index is 0.106. The standard InChI is InChI=1S/C19H27NO3/c1-13(2)15-8-10-16(11-9-15)18(21)20-17(19(22)23)12-14-6-4-3-5-7-14/h3-7,13,15-17H,8-12H2,1-2H3,(H,20,21)(H,22,23)/t15?,16?,17-/m1/s1/i1D3,2D3,13D. The van der Waals surface area contributed by atoms with Crippen molar-refractivity contribution in [2.75, 3.05) is 0 Å². The van der Waals surface area contributed by atoms with Crippen LogP contribution >= 0.6 is 0 Å². The molecule has 0 spiro atoms. The van der Waals surface area contributed by atoms with E-state index >= 15 is 0 Å². The number of aliphatic carboxylic acids is 1. The Morgan fingerprint density at radius 1 is 1.26 bits per heavy atom. The number of carboxylic acid groups (broad SMARTS) is 1. The fraction of sp³-hybridized carbons (Fsp3) is 0.579. The van der Waals surface area contributed by atoms with Crippen LogP contribution in [0.5, 0.6) is 0 Å². The van der Waals surface area contributed by atoms with Gasteiger partial charge in [-0.2, -0.15) is 0 Å². The molecule has 4 nitrogen and oxygen atoms in total. The SMILES string of the molecule is [2H]C([2H])([2H])C([2H])(C1CCC(C(=O)N[C@H](Cc2ccccc2)C(=O)O)CC1)C([2H])([2H])[2H]. The van der Waals surface area contributed by atoms with Gasteiger partial charge >= 0.3 is 5.97 Å². The zero-order chi connectivity index (χ0) is 22.7. The van der Waals surface area contributed by atoms with Crippen LogP contribution in [0.15, 0.2) is 30.3 Å². The van der Waals surface area contributed by atoms with E-state index in [1.165, 1.54) is 0 Å². The Labute approximate surface area is 148 Å². The van der Waals surface area contributed by atoms with Gasteiger partial charge in [-0.1, -0.05) is 44.0 Å². The second-order valence-corrected chi connectivity index (χ2v) is 6.05. The third-order valence-corrected chi connectivity index (χ3v) is 4.40. The van der Waals surface area contributed by atoms with Crippen LogP contribution < -0.4 is 5.32 Å². The van der Waals surface area contributed by atoms with Crippen molar-refractivity contribution in [1.29, 1.82) is 0 Å². The van der Waals surface area contributed by atoms with Crippen LogP contribution in [0.25, 0.3) is 0 Å². The van der Waals surface area contributed by atoms with Crippen LogP contribution in [-0.2, 0) is 16.0 Å².